The molecule has 0 saturated heterocycles. The fraction of sp³-hybridized carbons (Fsp3) is 0.222. The van der Waals surface area contributed by atoms with Gasteiger partial charge in [0, 0.05) is 19.3 Å². The molecule has 0 bridgehead atoms. The van der Waals surface area contributed by atoms with Crippen LogP contribution >= 0.6 is 11.3 Å². The molecule has 2 aromatic heterocycles. The van der Waals surface area contributed by atoms with Gasteiger partial charge in [0.25, 0.3) is 10.0 Å². The molecule has 4 N–H and O–H groups in total. The quantitative estimate of drug-likeness (QED) is 0.388. The van der Waals surface area contributed by atoms with E-state index >= 15 is 0 Å². The van der Waals surface area contributed by atoms with Gasteiger partial charge in [0.15, 0.2) is 5.00 Å². The number of hydrogen-bond donors (Lipinski definition) is 3. The van der Waals surface area contributed by atoms with Gasteiger partial charge in [-0.1, -0.05) is 11.3 Å². The predicted octanol–water partition coefficient (Wildman–Crippen LogP) is 0.154. The first kappa shape index (κ1) is 15.4. The lowest BCUT2D eigenvalue weighted by Gasteiger charge is -2.01. The Morgan fingerprint density at radius 3 is 2.76 bits per heavy atom. The van der Waals surface area contributed by atoms with Crippen LogP contribution in [0.3, 0.4) is 0 Å². The largest absolute Gasteiger partial charge is 0.310 e. The highest BCUT2D eigenvalue weighted by molar-refractivity contribution is 7.91. The van der Waals surface area contributed by atoms with E-state index in [0.717, 1.165) is 6.07 Å². The van der Waals surface area contributed by atoms with Crippen molar-refractivity contribution < 1.29 is 13.3 Å². The van der Waals surface area contributed by atoms with Crippen LogP contribution in [0.15, 0.2) is 22.5 Å². The third-order valence-corrected chi connectivity index (χ3v) is 5.43. The summed E-state index contributed by atoms with van der Waals surface area (Å²) in [5, 5.41) is 14.8. The van der Waals surface area contributed by atoms with Gasteiger partial charge in [0.1, 0.15) is 4.21 Å². The Labute approximate surface area is 123 Å². The lowest BCUT2D eigenvalue weighted by Crippen LogP contribution is -2.22. The van der Waals surface area contributed by atoms with Crippen LogP contribution in [0.4, 0.5) is 10.7 Å². The summed E-state index contributed by atoms with van der Waals surface area (Å²) >= 11 is 0.681. The van der Waals surface area contributed by atoms with E-state index in [1.807, 2.05) is 0 Å². The van der Waals surface area contributed by atoms with E-state index in [9.17, 15) is 18.5 Å². The molecule has 0 aliphatic heterocycles. The monoisotopic (exact) mass is 332 g/mol. The Morgan fingerprint density at radius 2 is 2.29 bits per heavy atom. The Kier molecular flexibility index (Phi) is 4.22. The molecule has 0 aliphatic rings. The van der Waals surface area contributed by atoms with Crippen LogP contribution < -0.4 is 16.0 Å². The summed E-state index contributed by atoms with van der Waals surface area (Å²) in [6, 6.07) is 2.62. The molecule has 0 radical (unpaired) electrons. The van der Waals surface area contributed by atoms with E-state index in [4.69, 9.17) is 5.84 Å². The zero-order valence-corrected chi connectivity index (χ0v) is 12.4. The molecule has 2 aromatic rings. The molecule has 0 atom stereocenters. The van der Waals surface area contributed by atoms with Gasteiger partial charge in [-0.25, -0.2) is 19.0 Å². The normalized spacial score (nSPS) is 11.5. The number of nitrogens with one attached hydrogen (secondary N) is 2. The van der Waals surface area contributed by atoms with Gasteiger partial charge in [-0.15, -0.1) is 0 Å². The summed E-state index contributed by atoms with van der Waals surface area (Å²) in [7, 11) is -2.17. The van der Waals surface area contributed by atoms with E-state index in [1.165, 1.54) is 4.68 Å². The fourth-order valence-corrected chi connectivity index (χ4v) is 3.81. The summed E-state index contributed by atoms with van der Waals surface area (Å²) in [6.07, 6.45) is 1.68. The highest BCUT2D eigenvalue weighted by Gasteiger charge is 2.25. The van der Waals surface area contributed by atoms with Crippen molar-refractivity contribution in [2.45, 2.75) is 10.8 Å². The van der Waals surface area contributed by atoms with Gasteiger partial charge < -0.3 is 5.43 Å². The molecule has 21 heavy (non-hydrogen) atoms. The van der Waals surface area contributed by atoms with Gasteiger partial charge in [0.2, 0.25) is 0 Å². The van der Waals surface area contributed by atoms with E-state index in [2.05, 4.69) is 15.2 Å². The highest BCUT2D eigenvalue weighted by Crippen LogP contribution is 2.36. The molecule has 2 heterocycles. The minimum Gasteiger partial charge on any atom is -0.310 e. The maximum Gasteiger partial charge on any atom is 0.306 e. The number of nitrogens with zero attached hydrogens (tertiary/aromatic N) is 3. The van der Waals surface area contributed by atoms with Gasteiger partial charge >= 0.3 is 5.69 Å². The number of thiophene rings is 1. The summed E-state index contributed by atoms with van der Waals surface area (Å²) < 4.78 is 27.8. The number of rotatable bonds is 6. The van der Waals surface area contributed by atoms with Crippen LogP contribution in [0.5, 0.6) is 0 Å². The van der Waals surface area contributed by atoms with Crippen molar-refractivity contribution in [2.24, 2.45) is 12.9 Å². The molecular formula is C9H12N6O4S2. The summed E-state index contributed by atoms with van der Waals surface area (Å²) in [6.45, 7) is -0.0136. The molecule has 114 valence electrons. The van der Waals surface area contributed by atoms with Crippen molar-refractivity contribution in [2.75, 3.05) is 5.43 Å². The van der Waals surface area contributed by atoms with Gasteiger partial charge in [0.05, 0.1) is 17.2 Å². The Hall–Kier alpha value is -2.02. The van der Waals surface area contributed by atoms with Crippen molar-refractivity contribution in [3.63, 3.8) is 0 Å². The van der Waals surface area contributed by atoms with E-state index in [-0.39, 0.29) is 21.4 Å². The SMILES string of the molecule is Cn1ccc(CNS(=O)(=O)c2cc([N+](=O)[O-])c(NN)s2)n1. The minimum atomic E-state index is -3.88. The molecule has 0 unspecified atom stereocenters. The van der Waals surface area contributed by atoms with Crippen molar-refractivity contribution in [1.29, 1.82) is 0 Å². The molecule has 0 amide bonds. The van der Waals surface area contributed by atoms with Gasteiger partial charge in [-0.2, -0.15) is 5.10 Å². The van der Waals surface area contributed by atoms with Crippen LogP contribution in [0.1, 0.15) is 5.69 Å². The number of sulfonamides is 1. The second-order valence-electron chi connectivity index (χ2n) is 3.99. The number of nitrogen functional groups attached to an aromatic ring is 1. The molecule has 0 aromatic carbocycles. The van der Waals surface area contributed by atoms with Crippen LogP contribution in [-0.4, -0.2) is 23.1 Å². The van der Waals surface area contributed by atoms with Crippen molar-refractivity contribution in [3.05, 3.63) is 34.1 Å². The number of nitro groups is 1. The smallest absolute Gasteiger partial charge is 0.306 e. The first-order valence-corrected chi connectivity index (χ1v) is 7.86. The average Bonchev–Trinajstić information content (AvgIpc) is 3.02. The van der Waals surface area contributed by atoms with E-state index < -0.39 is 14.9 Å². The number of hydrazine groups is 1. The zero-order valence-electron chi connectivity index (χ0n) is 10.8. The summed E-state index contributed by atoms with van der Waals surface area (Å²) in [4.78, 5) is 10.1. The van der Waals surface area contributed by atoms with Crippen LogP contribution in [0.25, 0.3) is 0 Å². The number of aromatic nitrogens is 2. The Morgan fingerprint density at radius 1 is 1.57 bits per heavy atom. The Bertz CT molecular complexity index is 765. The fourth-order valence-electron chi connectivity index (χ4n) is 1.53. The second kappa shape index (κ2) is 5.77. The highest BCUT2D eigenvalue weighted by atomic mass is 32.2. The minimum absolute atomic E-state index is 0.0136. The Balaban J connectivity index is 2.21. The standard InChI is InChI=1S/C9H12N6O4S2/c1-14-3-2-6(13-14)5-11-21(18,19)8-4-7(15(16)17)9(12-10)20-8/h2-4,11-12H,5,10H2,1H3. The molecule has 12 heteroatoms. The predicted molar refractivity (Wildman–Crippen MR) is 76.0 cm³/mol. The zero-order chi connectivity index (χ0) is 15.6. The van der Waals surface area contributed by atoms with Crippen molar-refractivity contribution >= 4 is 32.0 Å². The van der Waals surface area contributed by atoms with E-state index in [1.54, 1.807) is 19.3 Å². The van der Waals surface area contributed by atoms with E-state index in [0.29, 0.717) is 17.0 Å². The lowest BCUT2D eigenvalue weighted by atomic mass is 10.4. The summed E-state index contributed by atoms with van der Waals surface area (Å²) in [5.74, 6) is 5.14. The van der Waals surface area contributed by atoms with Gasteiger partial charge in [-0.3, -0.25) is 14.8 Å². The third kappa shape index (κ3) is 3.36. The number of anilines is 1. The molecule has 0 spiro atoms. The number of aryl methyl sites for hydroxylation is 1. The maximum absolute atomic E-state index is 12.1. The second-order valence-corrected chi connectivity index (χ2v) is 7.03. The third-order valence-electron chi connectivity index (χ3n) is 2.49. The molecule has 2 rings (SSSR count). The molecule has 0 saturated carbocycles. The maximum atomic E-state index is 12.1. The number of hydrogen-bond acceptors (Lipinski definition) is 8. The first-order valence-electron chi connectivity index (χ1n) is 5.56. The molecular weight excluding hydrogens is 320 g/mol. The van der Waals surface area contributed by atoms with Crippen molar-refractivity contribution in [3.8, 4) is 0 Å². The average molecular weight is 332 g/mol. The van der Waals surface area contributed by atoms with Crippen molar-refractivity contribution in [1.82, 2.24) is 14.5 Å². The van der Waals surface area contributed by atoms with Crippen LogP contribution in [-0.2, 0) is 23.6 Å². The first-order chi connectivity index (χ1) is 9.83. The lowest BCUT2D eigenvalue weighted by molar-refractivity contribution is -0.383. The topological polar surface area (TPSA) is 145 Å². The number of nitrogens with two attached hydrogens (primary N) is 1. The molecule has 0 fully saturated rings. The summed E-state index contributed by atoms with van der Waals surface area (Å²) in [5.41, 5.74) is 2.26. The molecule has 10 nitrogen and oxygen atoms in total. The molecule has 0 aliphatic carbocycles. The van der Waals surface area contributed by atoms with Crippen LogP contribution in [0.2, 0.25) is 0 Å². The van der Waals surface area contributed by atoms with Gasteiger partial charge in [-0.05, 0) is 6.07 Å². The van der Waals surface area contributed by atoms with Crippen LogP contribution in [0, 0.1) is 10.1 Å².